The Morgan fingerprint density at radius 1 is 1.11 bits per heavy atom. The highest BCUT2D eigenvalue weighted by Crippen LogP contribution is 2.46. The first-order chi connectivity index (χ1) is 8.21. The highest BCUT2D eigenvalue weighted by atomic mass is 19.4. The van der Waals surface area contributed by atoms with Gasteiger partial charge in [-0.2, -0.15) is 30.7 Å². The van der Waals surface area contributed by atoms with Crippen LogP contribution in [0.5, 0.6) is 0 Å². The van der Waals surface area contributed by atoms with Crippen LogP contribution in [0.1, 0.15) is 6.92 Å². The zero-order valence-electron chi connectivity index (χ0n) is 9.10. The summed E-state index contributed by atoms with van der Waals surface area (Å²) >= 11 is 0. The minimum absolute atomic E-state index is 0.329. The van der Waals surface area contributed by atoms with Crippen LogP contribution in [0.3, 0.4) is 0 Å². The number of aliphatic carboxylic acids is 1. The third-order valence-electron chi connectivity index (χ3n) is 1.27. The molecule has 0 saturated heterocycles. The molecule has 0 atom stereocenters. The summed E-state index contributed by atoms with van der Waals surface area (Å²) < 4.78 is 84.7. The molecular formula is C8H7F7O4. The van der Waals surface area contributed by atoms with Crippen LogP contribution < -0.4 is 0 Å². The van der Waals surface area contributed by atoms with Crippen LogP contribution in [0.25, 0.3) is 0 Å². The van der Waals surface area contributed by atoms with E-state index in [0.717, 1.165) is 6.26 Å². The molecule has 11 heteroatoms. The highest BCUT2D eigenvalue weighted by Gasteiger charge is 2.76. The van der Waals surface area contributed by atoms with Gasteiger partial charge in [0.05, 0.1) is 6.26 Å². The maximum atomic E-state index is 11.8. The summed E-state index contributed by atoms with van der Waals surface area (Å²) in [5, 5.41) is 7.41. The molecule has 0 aromatic heterocycles. The Morgan fingerprint density at radius 2 is 1.47 bits per heavy atom. The van der Waals surface area contributed by atoms with Gasteiger partial charge < -0.3 is 9.84 Å². The molecule has 0 saturated carbocycles. The van der Waals surface area contributed by atoms with Crippen molar-refractivity contribution >= 4 is 11.9 Å². The van der Waals surface area contributed by atoms with Crippen LogP contribution in [0.4, 0.5) is 30.7 Å². The molecule has 0 aliphatic rings. The van der Waals surface area contributed by atoms with Crippen LogP contribution in [0.15, 0.2) is 12.8 Å². The molecule has 0 amide bonds. The van der Waals surface area contributed by atoms with E-state index in [1.807, 2.05) is 0 Å². The average Bonchev–Trinajstić information content (AvgIpc) is 2.15. The third kappa shape index (κ3) is 5.14. The molecule has 0 radical (unpaired) electrons. The zero-order chi connectivity index (χ0) is 16.1. The van der Waals surface area contributed by atoms with E-state index in [1.165, 1.54) is 6.92 Å². The van der Waals surface area contributed by atoms with Gasteiger partial charge in [0.2, 0.25) is 0 Å². The first-order valence-corrected chi connectivity index (χ1v) is 4.05. The summed E-state index contributed by atoms with van der Waals surface area (Å²) in [7, 11) is 0. The molecule has 0 aliphatic heterocycles. The molecule has 0 rings (SSSR count). The summed E-state index contributed by atoms with van der Waals surface area (Å²) in [5.41, 5.74) is 0. The Kier molecular flexibility index (Phi) is 6.56. The second-order valence-electron chi connectivity index (χ2n) is 2.73. The molecule has 0 spiro atoms. The molecule has 0 bridgehead atoms. The first kappa shape index (κ1) is 19.5. The van der Waals surface area contributed by atoms with Crippen LogP contribution >= 0.6 is 0 Å². The summed E-state index contributed by atoms with van der Waals surface area (Å²) in [4.78, 5) is 19.1. The van der Waals surface area contributed by atoms with Crippen molar-refractivity contribution in [1.82, 2.24) is 0 Å². The SMILES string of the molecule is C=COC(C)=O.O=C(O)C(F)(F)C(F)(F)C(F)(F)F. The number of carbonyl (C=O) groups excluding carboxylic acids is 1. The minimum Gasteiger partial charge on any atom is -0.477 e. The van der Waals surface area contributed by atoms with E-state index < -0.39 is 24.0 Å². The van der Waals surface area contributed by atoms with Crippen LogP contribution in [-0.4, -0.2) is 35.1 Å². The molecule has 112 valence electrons. The van der Waals surface area contributed by atoms with Gasteiger partial charge in [0.25, 0.3) is 0 Å². The normalized spacial score (nSPS) is 12.0. The predicted octanol–water partition coefficient (Wildman–Crippen LogP) is 2.60. The van der Waals surface area contributed by atoms with Gasteiger partial charge in [-0.25, -0.2) is 4.79 Å². The molecule has 0 aromatic rings. The number of halogens is 7. The summed E-state index contributed by atoms with van der Waals surface area (Å²) in [5.74, 6) is -16.6. The van der Waals surface area contributed by atoms with E-state index in [1.54, 1.807) is 0 Å². The standard InChI is InChI=1S/C4HF7O2.C4H6O2/c5-2(6,1(12)13)3(7,8)4(9,10)11;1-3-6-4(2)5/h(H,12,13);3H,1H2,2H3. The first-order valence-electron chi connectivity index (χ1n) is 4.05. The van der Waals surface area contributed by atoms with Crippen molar-refractivity contribution in [2.45, 2.75) is 24.9 Å². The van der Waals surface area contributed by atoms with Crippen molar-refractivity contribution < 1.29 is 50.2 Å². The number of carboxylic acids is 1. The molecule has 0 aromatic carbocycles. The second-order valence-corrected chi connectivity index (χ2v) is 2.73. The molecule has 0 heterocycles. The molecule has 4 nitrogen and oxygen atoms in total. The van der Waals surface area contributed by atoms with Gasteiger partial charge in [0.1, 0.15) is 0 Å². The molecule has 0 aliphatic carbocycles. The number of ether oxygens (including phenoxy) is 1. The fourth-order valence-corrected chi connectivity index (χ4v) is 0.430. The summed E-state index contributed by atoms with van der Waals surface area (Å²) in [6.45, 7) is 4.48. The second kappa shape index (κ2) is 6.38. The van der Waals surface area contributed by atoms with Gasteiger partial charge in [-0.05, 0) is 0 Å². The number of esters is 1. The third-order valence-corrected chi connectivity index (χ3v) is 1.27. The lowest BCUT2D eigenvalue weighted by atomic mass is 10.1. The van der Waals surface area contributed by atoms with Crippen molar-refractivity contribution in [3.05, 3.63) is 12.8 Å². The Balaban J connectivity index is 0. The molecule has 0 unspecified atom stereocenters. The fourth-order valence-electron chi connectivity index (χ4n) is 0.430. The minimum atomic E-state index is -6.60. The van der Waals surface area contributed by atoms with Crippen molar-refractivity contribution in [2.24, 2.45) is 0 Å². The molecule has 19 heavy (non-hydrogen) atoms. The van der Waals surface area contributed by atoms with E-state index in [2.05, 4.69) is 11.3 Å². The Morgan fingerprint density at radius 3 is 1.53 bits per heavy atom. The number of carbonyl (C=O) groups is 2. The lowest BCUT2D eigenvalue weighted by Gasteiger charge is -2.24. The Hall–Kier alpha value is -1.81. The smallest absolute Gasteiger partial charge is 0.460 e. The summed E-state index contributed by atoms with van der Waals surface area (Å²) in [6, 6.07) is 0. The van der Waals surface area contributed by atoms with Gasteiger partial charge in [-0.1, -0.05) is 6.58 Å². The lowest BCUT2D eigenvalue weighted by Crippen LogP contribution is -2.56. The van der Waals surface area contributed by atoms with E-state index >= 15 is 0 Å². The number of carboxylic acid groups (broad SMARTS) is 1. The average molecular weight is 300 g/mol. The number of rotatable bonds is 3. The summed E-state index contributed by atoms with van der Waals surface area (Å²) in [6.07, 6.45) is -5.50. The van der Waals surface area contributed by atoms with Gasteiger partial charge in [0, 0.05) is 6.92 Å². The van der Waals surface area contributed by atoms with E-state index in [9.17, 15) is 40.3 Å². The maximum Gasteiger partial charge on any atom is 0.460 e. The number of hydrogen-bond acceptors (Lipinski definition) is 3. The van der Waals surface area contributed by atoms with E-state index in [4.69, 9.17) is 5.11 Å². The lowest BCUT2D eigenvalue weighted by molar-refractivity contribution is -0.347. The predicted molar refractivity (Wildman–Crippen MR) is 45.5 cm³/mol. The number of alkyl halides is 7. The molecule has 1 N–H and O–H groups in total. The van der Waals surface area contributed by atoms with Gasteiger partial charge in [-0.15, -0.1) is 0 Å². The quantitative estimate of drug-likeness (QED) is 0.494. The van der Waals surface area contributed by atoms with Crippen molar-refractivity contribution in [1.29, 1.82) is 0 Å². The fraction of sp³-hybridized carbons (Fsp3) is 0.500. The van der Waals surface area contributed by atoms with E-state index in [0.29, 0.717) is 0 Å². The van der Waals surface area contributed by atoms with Crippen molar-refractivity contribution in [3.63, 3.8) is 0 Å². The number of hydrogen-bond donors (Lipinski definition) is 1. The maximum absolute atomic E-state index is 11.8. The van der Waals surface area contributed by atoms with Crippen molar-refractivity contribution in [2.75, 3.05) is 0 Å². The van der Waals surface area contributed by atoms with Gasteiger partial charge in [0.15, 0.2) is 0 Å². The monoisotopic (exact) mass is 300 g/mol. The van der Waals surface area contributed by atoms with Crippen LogP contribution in [0, 0.1) is 0 Å². The van der Waals surface area contributed by atoms with Gasteiger partial charge in [-0.3, -0.25) is 4.79 Å². The van der Waals surface area contributed by atoms with Crippen molar-refractivity contribution in [3.8, 4) is 0 Å². The van der Waals surface area contributed by atoms with Crippen LogP contribution in [-0.2, 0) is 14.3 Å². The molecular weight excluding hydrogens is 293 g/mol. The highest BCUT2D eigenvalue weighted by molar-refractivity contribution is 5.76. The molecule has 0 fully saturated rings. The van der Waals surface area contributed by atoms with E-state index in [-0.39, 0.29) is 5.97 Å². The zero-order valence-corrected chi connectivity index (χ0v) is 9.10. The Bertz CT molecular complexity index is 347. The topological polar surface area (TPSA) is 63.6 Å². The largest absolute Gasteiger partial charge is 0.477 e. The van der Waals surface area contributed by atoms with Gasteiger partial charge >= 0.3 is 30.0 Å². The van der Waals surface area contributed by atoms with Crippen LogP contribution in [0.2, 0.25) is 0 Å². The Labute approximate surface area is 101 Å².